The molecule has 4 rings (SSSR count). The highest BCUT2D eigenvalue weighted by atomic mass is 16.5. The van der Waals surface area contributed by atoms with Gasteiger partial charge in [0.1, 0.15) is 11.9 Å². The lowest BCUT2D eigenvalue weighted by molar-refractivity contribution is -0.0154. The summed E-state index contributed by atoms with van der Waals surface area (Å²) in [5.41, 5.74) is 1.04. The molecular weight excluding hydrogens is 360 g/mol. The van der Waals surface area contributed by atoms with Crippen LogP contribution in [-0.2, 0) is 11.3 Å². The average Bonchev–Trinajstić information content (AvgIpc) is 3.16. The Bertz CT molecular complexity index is 987. The summed E-state index contributed by atoms with van der Waals surface area (Å²) in [5.74, 6) is 1.69. The van der Waals surface area contributed by atoms with Crippen LogP contribution in [-0.4, -0.2) is 47.9 Å². The van der Waals surface area contributed by atoms with Crippen molar-refractivity contribution in [3.05, 3.63) is 53.7 Å². The quantitative estimate of drug-likeness (QED) is 0.746. The van der Waals surface area contributed by atoms with Gasteiger partial charge in [-0.1, -0.05) is 18.2 Å². The van der Waals surface area contributed by atoms with E-state index in [2.05, 4.69) is 21.6 Å². The normalized spacial score (nSPS) is 16.9. The maximum absolute atomic E-state index is 12.5. The second-order valence-corrected chi connectivity index (χ2v) is 6.65. The van der Waals surface area contributed by atoms with Crippen molar-refractivity contribution in [2.45, 2.75) is 19.6 Å². The molecule has 1 aliphatic heterocycles. The number of nitrogens with one attached hydrogen (secondary N) is 1. The molecule has 1 N–H and O–H groups in total. The molecule has 0 spiro atoms. The third-order valence-electron chi connectivity index (χ3n) is 4.76. The predicted molar refractivity (Wildman–Crippen MR) is 102 cm³/mol. The summed E-state index contributed by atoms with van der Waals surface area (Å²) in [5, 5.41) is 12.7. The average molecular weight is 382 g/mol. The molecule has 0 unspecified atom stereocenters. The number of fused-ring (bicyclic) bond motifs is 1. The van der Waals surface area contributed by atoms with Crippen molar-refractivity contribution in [1.29, 1.82) is 0 Å². The second-order valence-electron chi connectivity index (χ2n) is 6.65. The molecule has 1 atom stereocenters. The van der Waals surface area contributed by atoms with Crippen molar-refractivity contribution in [2.75, 3.05) is 26.8 Å². The minimum atomic E-state index is -0.172. The molecule has 3 aromatic rings. The number of hydrogen-bond donors (Lipinski definition) is 1. The molecule has 28 heavy (non-hydrogen) atoms. The largest absolute Gasteiger partial charge is 0.497 e. The van der Waals surface area contributed by atoms with Gasteiger partial charge in [-0.3, -0.25) is 0 Å². The van der Waals surface area contributed by atoms with E-state index < -0.39 is 0 Å². The van der Waals surface area contributed by atoms with Crippen LogP contribution in [0.1, 0.15) is 23.4 Å². The molecule has 2 aromatic carbocycles. The van der Waals surface area contributed by atoms with E-state index in [1.54, 1.807) is 18.9 Å². The summed E-state index contributed by atoms with van der Waals surface area (Å²) in [6, 6.07) is 12.0. The minimum Gasteiger partial charge on any atom is -0.497 e. The fraction of sp³-hybridized carbons (Fsp3) is 0.350. The monoisotopic (exact) mass is 382 g/mol. The first-order valence-electron chi connectivity index (χ1n) is 9.13. The topological polar surface area (TPSA) is 89.7 Å². The van der Waals surface area contributed by atoms with E-state index in [0.29, 0.717) is 31.5 Å². The fourth-order valence-electron chi connectivity index (χ4n) is 3.28. The summed E-state index contributed by atoms with van der Waals surface area (Å²) >= 11 is 0. The summed E-state index contributed by atoms with van der Waals surface area (Å²) in [4.78, 5) is 14.2. The third kappa shape index (κ3) is 3.91. The van der Waals surface area contributed by atoms with Crippen LogP contribution in [0, 0.1) is 6.92 Å². The van der Waals surface area contributed by atoms with E-state index in [1.165, 1.54) is 0 Å². The number of carbonyl (C=O) groups excluding carboxylic acids is 1. The number of rotatable bonds is 4. The van der Waals surface area contributed by atoms with Crippen molar-refractivity contribution in [3.63, 3.8) is 0 Å². The summed E-state index contributed by atoms with van der Waals surface area (Å²) in [6.07, 6.45) is -0.170. The van der Waals surface area contributed by atoms with Gasteiger partial charge in [-0.2, -0.15) is 0 Å². The molecule has 8 nitrogen and oxygen atoms in total. The first kappa shape index (κ1) is 18.2. The number of benzene rings is 2. The molecule has 0 aliphatic carbocycles. The number of amides is 2. The number of morpholine rings is 1. The number of aromatic nitrogens is 2. The molecule has 1 aliphatic rings. The van der Waals surface area contributed by atoms with Crippen LogP contribution in [0.4, 0.5) is 4.79 Å². The van der Waals surface area contributed by atoms with Gasteiger partial charge >= 0.3 is 6.03 Å². The van der Waals surface area contributed by atoms with Gasteiger partial charge in [0, 0.05) is 13.5 Å². The van der Waals surface area contributed by atoms with Crippen molar-refractivity contribution < 1.29 is 18.7 Å². The number of hydrogen-bond acceptors (Lipinski definition) is 6. The van der Waals surface area contributed by atoms with Gasteiger partial charge in [-0.15, -0.1) is 10.2 Å². The van der Waals surface area contributed by atoms with E-state index in [9.17, 15) is 4.79 Å². The Morgan fingerprint density at radius 2 is 2.07 bits per heavy atom. The van der Waals surface area contributed by atoms with Crippen LogP contribution in [0.3, 0.4) is 0 Å². The number of aryl methyl sites for hydroxylation is 1. The van der Waals surface area contributed by atoms with Crippen LogP contribution >= 0.6 is 0 Å². The van der Waals surface area contributed by atoms with Gasteiger partial charge in [-0.25, -0.2) is 4.79 Å². The maximum Gasteiger partial charge on any atom is 0.318 e. The van der Waals surface area contributed by atoms with Crippen molar-refractivity contribution in [3.8, 4) is 5.75 Å². The fourth-order valence-corrected chi connectivity index (χ4v) is 3.28. The highest BCUT2D eigenvalue weighted by molar-refractivity contribution is 5.84. The van der Waals surface area contributed by atoms with E-state index in [1.807, 2.05) is 30.3 Å². The van der Waals surface area contributed by atoms with Gasteiger partial charge in [0.15, 0.2) is 0 Å². The molecule has 1 aromatic heterocycles. The standard InChI is InChI=1S/C20H22N4O4/c1-13-22-23-19(28-13)11-21-20(25)24-7-8-27-18(12-24)16-4-3-15-10-17(26-2)6-5-14(15)9-16/h3-6,9-10,18H,7-8,11-12H2,1-2H3,(H,21,25)/t18-/m0/s1. The first-order valence-corrected chi connectivity index (χ1v) is 9.13. The highest BCUT2D eigenvalue weighted by Crippen LogP contribution is 2.27. The van der Waals surface area contributed by atoms with Gasteiger partial charge in [-0.05, 0) is 34.5 Å². The number of urea groups is 1. The predicted octanol–water partition coefficient (Wildman–Crippen LogP) is 2.82. The van der Waals surface area contributed by atoms with E-state index in [4.69, 9.17) is 13.9 Å². The van der Waals surface area contributed by atoms with Crippen LogP contribution < -0.4 is 10.1 Å². The van der Waals surface area contributed by atoms with Crippen molar-refractivity contribution in [1.82, 2.24) is 20.4 Å². The zero-order valence-electron chi connectivity index (χ0n) is 15.8. The molecular formula is C20H22N4O4. The molecule has 0 bridgehead atoms. The second kappa shape index (κ2) is 7.85. The SMILES string of the molecule is COc1ccc2cc([C@@H]3CN(C(=O)NCc4nnc(C)o4)CCO3)ccc2c1. The van der Waals surface area contributed by atoms with Crippen LogP contribution in [0.25, 0.3) is 10.8 Å². The molecule has 0 saturated carbocycles. The lowest BCUT2D eigenvalue weighted by Gasteiger charge is -2.33. The smallest absolute Gasteiger partial charge is 0.318 e. The maximum atomic E-state index is 12.5. The summed E-state index contributed by atoms with van der Waals surface area (Å²) in [7, 11) is 1.66. The lowest BCUT2D eigenvalue weighted by Crippen LogP contribution is -2.47. The molecule has 1 fully saturated rings. The van der Waals surface area contributed by atoms with Gasteiger partial charge in [0.05, 0.1) is 26.8 Å². The molecule has 2 heterocycles. The molecule has 146 valence electrons. The Morgan fingerprint density at radius 3 is 2.86 bits per heavy atom. The van der Waals surface area contributed by atoms with E-state index in [0.717, 1.165) is 22.1 Å². The van der Waals surface area contributed by atoms with Crippen LogP contribution in [0.15, 0.2) is 40.8 Å². The number of methoxy groups -OCH3 is 1. The number of carbonyl (C=O) groups is 1. The lowest BCUT2D eigenvalue weighted by atomic mass is 10.0. The van der Waals surface area contributed by atoms with E-state index >= 15 is 0 Å². The third-order valence-corrected chi connectivity index (χ3v) is 4.76. The Balaban J connectivity index is 1.42. The van der Waals surface area contributed by atoms with Crippen LogP contribution in [0.2, 0.25) is 0 Å². The number of nitrogens with zero attached hydrogens (tertiary/aromatic N) is 3. The van der Waals surface area contributed by atoms with Gasteiger partial charge in [0.25, 0.3) is 0 Å². The van der Waals surface area contributed by atoms with E-state index in [-0.39, 0.29) is 18.7 Å². The number of ether oxygens (including phenoxy) is 2. The Labute approximate surface area is 162 Å². The minimum absolute atomic E-state index is 0.170. The molecule has 2 amide bonds. The van der Waals surface area contributed by atoms with Crippen molar-refractivity contribution in [2.24, 2.45) is 0 Å². The summed E-state index contributed by atoms with van der Waals surface area (Å²) < 4.78 is 16.5. The highest BCUT2D eigenvalue weighted by Gasteiger charge is 2.25. The van der Waals surface area contributed by atoms with Crippen LogP contribution in [0.5, 0.6) is 5.75 Å². The summed E-state index contributed by atoms with van der Waals surface area (Å²) in [6.45, 7) is 3.43. The van der Waals surface area contributed by atoms with Gasteiger partial charge < -0.3 is 24.1 Å². The Morgan fingerprint density at radius 1 is 1.25 bits per heavy atom. The zero-order chi connectivity index (χ0) is 19.5. The molecule has 8 heteroatoms. The Hall–Kier alpha value is -3.13. The zero-order valence-corrected chi connectivity index (χ0v) is 15.8. The molecule has 0 radical (unpaired) electrons. The van der Waals surface area contributed by atoms with Gasteiger partial charge in [0.2, 0.25) is 11.8 Å². The molecule has 1 saturated heterocycles. The van der Waals surface area contributed by atoms with Crippen molar-refractivity contribution >= 4 is 16.8 Å². The Kier molecular flexibility index (Phi) is 5.12. The first-order chi connectivity index (χ1) is 13.6.